The van der Waals surface area contributed by atoms with Crippen molar-refractivity contribution in [2.45, 2.75) is 25.1 Å². The van der Waals surface area contributed by atoms with Gasteiger partial charge in [-0.3, -0.25) is 4.79 Å². The Balaban J connectivity index is 1.41. The number of alkyl halides is 3. The number of likely N-dealkylation sites (tertiary alicyclic amines) is 1. The van der Waals surface area contributed by atoms with Gasteiger partial charge in [0.15, 0.2) is 23.0 Å². The molecule has 2 N–H and O–H groups in total. The van der Waals surface area contributed by atoms with Gasteiger partial charge in [0.2, 0.25) is 0 Å². The van der Waals surface area contributed by atoms with Gasteiger partial charge in [-0.25, -0.2) is 18.4 Å². The van der Waals surface area contributed by atoms with Gasteiger partial charge in [0, 0.05) is 23.2 Å². The first-order valence-corrected chi connectivity index (χ1v) is 12.5. The van der Waals surface area contributed by atoms with Crippen LogP contribution in [0.15, 0.2) is 53.1 Å². The van der Waals surface area contributed by atoms with Crippen molar-refractivity contribution in [1.82, 2.24) is 10.1 Å². The number of esters is 2. The number of aromatic nitrogens is 1. The Morgan fingerprint density at radius 1 is 1.02 bits per heavy atom. The van der Waals surface area contributed by atoms with Crippen molar-refractivity contribution in [1.29, 1.82) is 0 Å². The molecular formula is C27H17ClF5N3O6. The van der Waals surface area contributed by atoms with Crippen molar-refractivity contribution >= 4 is 46.2 Å². The standard InChI is InChI=1S/C27H17ClF5N3O6/c28-13-4-6-20(14(9-13)12-3-5-21-16(8-12)23(34)35-42-21)40-22-11-17(29)15(10-18(22)30)24(37)36-7-1-2-19(36)25(38)41-26(39)27(31,32)33/h3-6,8-11,19H,1-2,7H2,(H2,34,35)/t19-/m0/s1. The number of nitrogen functional groups attached to an aromatic ring is 1. The summed E-state index contributed by atoms with van der Waals surface area (Å²) in [6.45, 7) is -0.173. The Hall–Kier alpha value is -4.72. The van der Waals surface area contributed by atoms with Gasteiger partial charge in [-0.1, -0.05) is 22.8 Å². The number of carbonyl (C=O) groups is 3. The van der Waals surface area contributed by atoms with Gasteiger partial charge in [-0.05, 0) is 54.8 Å². The lowest BCUT2D eigenvalue weighted by Crippen LogP contribution is -2.43. The van der Waals surface area contributed by atoms with Crippen LogP contribution in [0, 0.1) is 11.6 Å². The number of benzene rings is 3. The Kier molecular flexibility index (Phi) is 7.49. The summed E-state index contributed by atoms with van der Waals surface area (Å²) >= 11 is 6.16. The fourth-order valence-electron chi connectivity index (χ4n) is 4.46. The fourth-order valence-corrected chi connectivity index (χ4v) is 4.63. The zero-order chi connectivity index (χ0) is 30.3. The molecule has 1 aromatic heterocycles. The van der Waals surface area contributed by atoms with Gasteiger partial charge in [0.05, 0.1) is 10.9 Å². The summed E-state index contributed by atoms with van der Waals surface area (Å²) in [5, 5.41) is 4.48. The van der Waals surface area contributed by atoms with E-state index in [4.69, 9.17) is 26.6 Å². The first kappa shape index (κ1) is 28.8. The Labute approximate surface area is 237 Å². The molecule has 1 amide bonds. The van der Waals surface area contributed by atoms with Crippen molar-refractivity contribution in [3.63, 3.8) is 0 Å². The van der Waals surface area contributed by atoms with Crippen LogP contribution >= 0.6 is 11.6 Å². The molecule has 0 aliphatic carbocycles. The van der Waals surface area contributed by atoms with Crippen LogP contribution in [-0.2, 0) is 14.3 Å². The van der Waals surface area contributed by atoms with Gasteiger partial charge in [0.1, 0.15) is 17.6 Å². The van der Waals surface area contributed by atoms with Gasteiger partial charge in [-0.2, -0.15) is 13.2 Å². The number of anilines is 1. The summed E-state index contributed by atoms with van der Waals surface area (Å²) in [7, 11) is 0. The molecule has 0 radical (unpaired) electrons. The molecule has 218 valence electrons. The first-order valence-electron chi connectivity index (χ1n) is 12.1. The number of halogens is 6. The quantitative estimate of drug-likeness (QED) is 0.165. The van der Waals surface area contributed by atoms with Gasteiger partial charge < -0.3 is 24.6 Å². The maximum Gasteiger partial charge on any atom is 0.491 e. The van der Waals surface area contributed by atoms with E-state index in [9.17, 15) is 27.6 Å². The van der Waals surface area contributed by atoms with Gasteiger partial charge >= 0.3 is 18.1 Å². The van der Waals surface area contributed by atoms with Gasteiger partial charge in [0.25, 0.3) is 5.91 Å². The van der Waals surface area contributed by atoms with Crippen molar-refractivity contribution in [3.05, 3.63) is 70.8 Å². The van der Waals surface area contributed by atoms with E-state index in [2.05, 4.69) is 9.89 Å². The molecular weight excluding hydrogens is 593 g/mol. The maximum atomic E-state index is 15.2. The summed E-state index contributed by atoms with van der Waals surface area (Å²) in [5.41, 5.74) is 6.32. The topological polar surface area (TPSA) is 125 Å². The molecule has 9 nitrogen and oxygen atoms in total. The molecule has 0 bridgehead atoms. The second kappa shape index (κ2) is 10.9. The van der Waals surface area contributed by atoms with E-state index in [1.54, 1.807) is 18.2 Å². The number of carbonyl (C=O) groups excluding carboxylic acids is 3. The smallest absolute Gasteiger partial charge is 0.454 e. The minimum atomic E-state index is -5.44. The average molecular weight is 610 g/mol. The lowest BCUT2D eigenvalue weighted by Gasteiger charge is -2.23. The number of hydrogen-bond donors (Lipinski definition) is 1. The summed E-state index contributed by atoms with van der Waals surface area (Å²) in [6.07, 6.45) is -5.44. The third-order valence-electron chi connectivity index (χ3n) is 6.43. The van der Waals surface area contributed by atoms with Gasteiger partial charge in [-0.15, -0.1) is 0 Å². The SMILES string of the molecule is Nc1noc2ccc(-c3cc(Cl)ccc3Oc3cc(F)c(C(=O)N4CCC[C@H]4C(=O)OC(=O)C(F)(F)F)cc3F)cc12. The van der Waals surface area contributed by atoms with Crippen LogP contribution in [0.4, 0.5) is 27.8 Å². The molecule has 0 unspecified atom stereocenters. The summed E-state index contributed by atoms with van der Waals surface area (Å²) in [4.78, 5) is 36.9. The van der Waals surface area contributed by atoms with E-state index >= 15 is 8.78 Å². The van der Waals surface area contributed by atoms with E-state index in [1.807, 2.05) is 0 Å². The van der Waals surface area contributed by atoms with E-state index in [0.717, 1.165) is 0 Å². The second-order valence-electron chi connectivity index (χ2n) is 9.15. The van der Waals surface area contributed by atoms with E-state index in [1.165, 1.54) is 18.2 Å². The minimum Gasteiger partial charge on any atom is -0.454 e. The minimum absolute atomic E-state index is 0.0582. The lowest BCUT2D eigenvalue weighted by molar-refractivity contribution is -0.203. The van der Waals surface area contributed by atoms with Crippen LogP contribution in [0.3, 0.4) is 0 Å². The van der Waals surface area contributed by atoms with Crippen LogP contribution in [0.25, 0.3) is 22.1 Å². The third kappa shape index (κ3) is 5.57. The lowest BCUT2D eigenvalue weighted by atomic mass is 10.0. The molecule has 4 aromatic rings. The maximum absolute atomic E-state index is 15.2. The Bertz CT molecular complexity index is 1740. The zero-order valence-corrected chi connectivity index (χ0v) is 21.8. The molecule has 1 atom stereocenters. The highest BCUT2D eigenvalue weighted by atomic mass is 35.5. The first-order chi connectivity index (χ1) is 19.8. The average Bonchev–Trinajstić information content (AvgIpc) is 3.57. The second-order valence-corrected chi connectivity index (χ2v) is 9.58. The number of amides is 1. The Morgan fingerprint density at radius 3 is 2.52 bits per heavy atom. The number of nitrogens with two attached hydrogens (primary N) is 1. The molecule has 1 aliphatic rings. The third-order valence-corrected chi connectivity index (χ3v) is 6.67. The highest BCUT2D eigenvalue weighted by Gasteiger charge is 2.45. The summed E-state index contributed by atoms with van der Waals surface area (Å²) < 4.78 is 82.3. The molecule has 42 heavy (non-hydrogen) atoms. The van der Waals surface area contributed by atoms with E-state index in [0.29, 0.717) is 44.2 Å². The molecule has 1 fully saturated rings. The highest BCUT2D eigenvalue weighted by Crippen LogP contribution is 2.39. The number of fused-ring (bicyclic) bond motifs is 1. The summed E-state index contributed by atoms with van der Waals surface area (Å²) in [5.74, 6) is -8.40. The van der Waals surface area contributed by atoms with Crippen LogP contribution in [0.2, 0.25) is 5.02 Å². The molecule has 15 heteroatoms. The van der Waals surface area contributed by atoms with Crippen molar-refractivity contribution in [2.75, 3.05) is 12.3 Å². The monoisotopic (exact) mass is 609 g/mol. The molecule has 5 rings (SSSR count). The largest absolute Gasteiger partial charge is 0.491 e. The molecule has 0 spiro atoms. The van der Waals surface area contributed by atoms with Crippen molar-refractivity contribution in [3.8, 4) is 22.6 Å². The predicted octanol–water partition coefficient (Wildman–Crippen LogP) is 6.04. The highest BCUT2D eigenvalue weighted by molar-refractivity contribution is 6.31. The number of hydrogen-bond acceptors (Lipinski definition) is 8. The molecule has 0 saturated carbocycles. The van der Waals surface area contributed by atoms with Crippen LogP contribution in [0.5, 0.6) is 11.5 Å². The summed E-state index contributed by atoms with van der Waals surface area (Å²) in [6, 6.07) is 8.81. The van der Waals surface area contributed by atoms with Crippen molar-refractivity contribution < 1.29 is 50.3 Å². The molecule has 1 aliphatic heterocycles. The number of rotatable bonds is 5. The molecule has 1 saturated heterocycles. The number of ether oxygens (including phenoxy) is 2. The van der Waals surface area contributed by atoms with Crippen LogP contribution in [0.1, 0.15) is 23.2 Å². The molecule has 3 aromatic carbocycles. The zero-order valence-electron chi connectivity index (χ0n) is 21.0. The van der Waals surface area contributed by atoms with Crippen LogP contribution < -0.4 is 10.5 Å². The van der Waals surface area contributed by atoms with Crippen LogP contribution in [-0.4, -0.2) is 46.7 Å². The van der Waals surface area contributed by atoms with Crippen molar-refractivity contribution in [2.24, 2.45) is 0 Å². The van der Waals surface area contributed by atoms with E-state index in [-0.39, 0.29) is 31.0 Å². The van der Waals surface area contributed by atoms with E-state index < -0.39 is 53.0 Å². The molecule has 2 heterocycles. The Morgan fingerprint density at radius 2 is 1.79 bits per heavy atom. The fraction of sp³-hybridized carbons (Fsp3) is 0.185. The number of nitrogens with zero attached hydrogens (tertiary/aromatic N) is 2. The normalized spacial score (nSPS) is 15.2. The predicted molar refractivity (Wildman–Crippen MR) is 137 cm³/mol.